The third-order valence-electron chi connectivity index (χ3n) is 1.97. The normalized spacial score (nSPS) is 10.4. The van der Waals surface area contributed by atoms with E-state index in [1.54, 1.807) is 6.07 Å². The Morgan fingerprint density at radius 3 is 2.38 bits per heavy atom. The lowest BCUT2D eigenvalue weighted by Crippen LogP contribution is -2.02. The van der Waals surface area contributed by atoms with E-state index in [1.807, 2.05) is 0 Å². The number of nitrogens with two attached hydrogens (primary N) is 1. The summed E-state index contributed by atoms with van der Waals surface area (Å²) >= 11 is 0. The lowest BCUT2D eigenvalue weighted by molar-refractivity contribution is -0.385. The molecule has 1 rings (SSSR count). The van der Waals surface area contributed by atoms with Crippen LogP contribution in [-0.2, 0) is 0 Å². The molecule has 0 fully saturated rings. The van der Waals surface area contributed by atoms with Gasteiger partial charge in [0.1, 0.15) is 11.3 Å². The van der Waals surface area contributed by atoms with Gasteiger partial charge in [-0.3, -0.25) is 10.1 Å². The van der Waals surface area contributed by atoms with Crippen molar-refractivity contribution < 1.29 is 14.4 Å². The van der Waals surface area contributed by atoms with Crippen LogP contribution in [0, 0.1) is 10.1 Å². The van der Waals surface area contributed by atoms with Crippen molar-refractivity contribution in [2.75, 3.05) is 14.2 Å². The third kappa shape index (κ3) is 2.02. The highest BCUT2D eigenvalue weighted by Gasteiger charge is 2.23. The molecule has 1 aromatic rings. The van der Waals surface area contributed by atoms with E-state index in [9.17, 15) is 10.1 Å². The van der Waals surface area contributed by atoms with Crippen molar-refractivity contribution in [3.05, 3.63) is 27.8 Å². The van der Waals surface area contributed by atoms with Gasteiger partial charge in [-0.25, -0.2) is 0 Å². The van der Waals surface area contributed by atoms with Crippen LogP contribution >= 0.6 is 0 Å². The molecule has 0 radical (unpaired) electrons. The van der Waals surface area contributed by atoms with Gasteiger partial charge in [0.2, 0.25) is 0 Å². The van der Waals surface area contributed by atoms with Gasteiger partial charge in [0.15, 0.2) is 5.75 Å². The summed E-state index contributed by atoms with van der Waals surface area (Å²) in [5.41, 5.74) is -0.0506. The van der Waals surface area contributed by atoms with Gasteiger partial charge >= 0.3 is 5.69 Å². The zero-order valence-corrected chi connectivity index (χ0v) is 8.84. The van der Waals surface area contributed by atoms with E-state index in [1.165, 1.54) is 20.3 Å². The highest BCUT2D eigenvalue weighted by molar-refractivity contribution is 5.90. The van der Waals surface area contributed by atoms with Crippen LogP contribution in [0.3, 0.4) is 0 Å². The van der Waals surface area contributed by atoms with Gasteiger partial charge in [-0.2, -0.15) is 5.10 Å². The average Bonchev–Trinajstić information content (AvgIpc) is 2.28. The van der Waals surface area contributed by atoms with Crippen molar-refractivity contribution in [2.45, 2.75) is 0 Å². The largest absolute Gasteiger partial charge is 0.496 e. The second kappa shape index (κ2) is 4.96. The Morgan fingerprint density at radius 1 is 1.38 bits per heavy atom. The molecule has 0 aliphatic rings. The molecule has 7 nitrogen and oxygen atoms in total. The summed E-state index contributed by atoms with van der Waals surface area (Å²) in [5, 5.41) is 14.2. The number of ether oxygens (including phenoxy) is 2. The Bertz CT molecular complexity index is 431. The van der Waals surface area contributed by atoms with Gasteiger partial charge in [0, 0.05) is 0 Å². The molecule has 0 spiro atoms. The van der Waals surface area contributed by atoms with Crippen molar-refractivity contribution in [1.29, 1.82) is 0 Å². The molecule has 0 aliphatic carbocycles. The zero-order chi connectivity index (χ0) is 12.1. The Balaban J connectivity index is 3.52. The number of nitro benzene ring substituents is 1. The molecule has 2 N–H and O–H groups in total. The Kier molecular flexibility index (Phi) is 3.65. The monoisotopic (exact) mass is 225 g/mol. The maximum Gasteiger partial charge on any atom is 0.323 e. The molecule has 0 amide bonds. The van der Waals surface area contributed by atoms with E-state index in [0.717, 1.165) is 6.21 Å². The number of nitro groups is 1. The summed E-state index contributed by atoms with van der Waals surface area (Å²) in [4.78, 5) is 10.3. The summed E-state index contributed by atoms with van der Waals surface area (Å²) in [6, 6.07) is 2.99. The minimum atomic E-state index is -0.571. The summed E-state index contributed by atoms with van der Waals surface area (Å²) < 4.78 is 9.87. The fraction of sp³-hybridized carbons (Fsp3) is 0.222. The molecule has 0 heterocycles. The molecular formula is C9H11N3O4. The molecule has 0 saturated heterocycles. The maximum absolute atomic E-state index is 10.9. The van der Waals surface area contributed by atoms with Crippen LogP contribution in [0.15, 0.2) is 17.2 Å². The van der Waals surface area contributed by atoms with Crippen molar-refractivity contribution in [3.63, 3.8) is 0 Å². The summed E-state index contributed by atoms with van der Waals surface area (Å²) in [6.07, 6.45) is 1.15. The summed E-state index contributed by atoms with van der Waals surface area (Å²) in [5.74, 6) is 5.43. The third-order valence-corrected chi connectivity index (χ3v) is 1.97. The van der Waals surface area contributed by atoms with Crippen LogP contribution in [0.4, 0.5) is 5.69 Å². The Labute approximate surface area is 91.6 Å². The molecule has 0 aliphatic heterocycles. The molecule has 0 unspecified atom stereocenters. The molecule has 16 heavy (non-hydrogen) atoms. The van der Waals surface area contributed by atoms with Crippen molar-refractivity contribution in [3.8, 4) is 11.5 Å². The number of rotatable bonds is 4. The number of hydrazone groups is 1. The SMILES string of the molecule is COc1ccc(OC)c([N+](=O)[O-])c1C=NN. The second-order valence-electron chi connectivity index (χ2n) is 2.77. The van der Waals surface area contributed by atoms with E-state index >= 15 is 0 Å². The molecule has 0 aromatic heterocycles. The van der Waals surface area contributed by atoms with Crippen LogP contribution in [-0.4, -0.2) is 25.4 Å². The smallest absolute Gasteiger partial charge is 0.323 e. The summed E-state index contributed by atoms with van der Waals surface area (Å²) in [7, 11) is 2.75. The van der Waals surface area contributed by atoms with Gasteiger partial charge < -0.3 is 15.3 Å². The molecule has 0 atom stereocenters. The second-order valence-corrected chi connectivity index (χ2v) is 2.77. The lowest BCUT2D eigenvalue weighted by Gasteiger charge is -2.08. The number of methoxy groups -OCH3 is 2. The van der Waals surface area contributed by atoms with Crippen molar-refractivity contribution in [1.82, 2.24) is 0 Å². The lowest BCUT2D eigenvalue weighted by atomic mass is 10.1. The molecule has 0 bridgehead atoms. The van der Waals surface area contributed by atoms with Crippen LogP contribution < -0.4 is 15.3 Å². The number of nitrogens with zero attached hydrogens (tertiary/aromatic N) is 2. The van der Waals surface area contributed by atoms with E-state index in [4.69, 9.17) is 15.3 Å². The first-order chi connectivity index (χ1) is 7.65. The van der Waals surface area contributed by atoms with Gasteiger partial charge in [-0.05, 0) is 12.1 Å². The topological polar surface area (TPSA) is 100.0 Å². The van der Waals surface area contributed by atoms with Crippen LogP contribution in [0.5, 0.6) is 11.5 Å². The first-order valence-electron chi connectivity index (χ1n) is 4.28. The van der Waals surface area contributed by atoms with Crippen LogP contribution in [0.2, 0.25) is 0 Å². The molecule has 0 saturated carbocycles. The molecule has 7 heteroatoms. The number of benzene rings is 1. The predicted molar refractivity (Wildman–Crippen MR) is 58.0 cm³/mol. The first-order valence-corrected chi connectivity index (χ1v) is 4.28. The average molecular weight is 225 g/mol. The summed E-state index contributed by atoms with van der Waals surface area (Å²) in [6.45, 7) is 0. The fourth-order valence-corrected chi connectivity index (χ4v) is 1.30. The maximum atomic E-state index is 10.9. The van der Waals surface area contributed by atoms with E-state index in [2.05, 4.69) is 5.10 Å². The van der Waals surface area contributed by atoms with Gasteiger partial charge in [0.25, 0.3) is 0 Å². The van der Waals surface area contributed by atoms with E-state index < -0.39 is 4.92 Å². The van der Waals surface area contributed by atoms with Crippen LogP contribution in [0.25, 0.3) is 0 Å². The van der Waals surface area contributed by atoms with E-state index in [0.29, 0.717) is 5.75 Å². The quantitative estimate of drug-likeness (QED) is 0.355. The first kappa shape index (κ1) is 11.8. The van der Waals surface area contributed by atoms with Crippen molar-refractivity contribution in [2.24, 2.45) is 10.9 Å². The molecular weight excluding hydrogens is 214 g/mol. The Morgan fingerprint density at radius 2 is 1.94 bits per heavy atom. The number of hydrogen-bond acceptors (Lipinski definition) is 6. The zero-order valence-electron chi connectivity index (χ0n) is 8.84. The van der Waals surface area contributed by atoms with Crippen molar-refractivity contribution >= 4 is 11.9 Å². The molecule has 86 valence electrons. The van der Waals surface area contributed by atoms with E-state index in [-0.39, 0.29) is 17.0 Å². The minimum Gasteiger partial charge on any atom is -0.496 e. The number of hydrogen-bond donors (Lipinski definition) is 1. The van der Waals surface area contributed by atoms with Gasteiger partial charge in [-0.1, -0.05) is 0 Å². The van der Waals surface area contributed by atoms with Gasteiger partial charge in [0.05, 0.1) is 25.4 Å². The highest BCUT2D eigenvalue weighted by Crippen LogP contribution is 2.35. The highest BCUT2D eigenvalue weighted by atomic mass is 16.6. The minimum absolute atomic E-state index is 0.126. The fourth-order valence-electron chi connectivity index (χ4n) is 1.30. The Hall–Kier alpha value is -2.31. The standard InChI is InChI=1S/C9H11N3O4/c1-15-7-3-4-8(16-2)9(12(13)14)6(7)5-11-10/h3-5H,10H2,1-2H3. The van der Waals surface area contributed by atoms with Gasteiger partial charge in [-0.15, -0.1) is 0 Å². The predicted octanol–water partition coefficient (Wildman–Crippen LogP) is 0.905. The molecule has 1 aromatic carbocycles. The van der Waals surface area contributed by atoms with Crippen LogP contribution in [0.1, 0.15) is 5.56 Å².